The van der Waals surface area contributed by atoms with Crippen LogP contribution in [0.5, 0.6) is 0 Å². The van der Waals surface area contributed by atoms with Gasteiger partial charge in [0.15, 0.2) is 26.4 Å². The summed E-state index contributed by atoms with van der Waals surface area (Å²) in [6.07, 6.45) is 10.6. The molecule has 0 saturated heterocycles. The largest absolute Gasteiger partial charge is 0.462 e. The normalized spacial score (nSPS) is 15.5. The first kappa shape index (κ1) is 57.4. The number of carbonyl (C=O) groups is 2. The molecule has 2 aromatic rings. The summed E-state index contributed by atoms with van der Waals surface area (Å²) >= 11 is 0. The van der Waals surface area contributed by atoms with Gasteiger partial charge in [-0.05, 0) is 151 Å². The number of nitrogens with zero attached hydrogens (tertiary/aromatic N) is 2. The highest BCUT2D eigenvalue weighted by Gasteiger charge is 2.50. The number of esters is 2. The third-order valence-electron chi connectivity index (χ3n) is 8.61. The summed E-state index contributed by atoms with van der Waals surface area (Å²) < 4.78 is 91.7. The maximum Gasteiger partial charge on any atom is 0.350 e. The zero-order chi connectivity index (χ0) is 49.5. The van der Waals surface area contributed by atoms with E-state index in [0.29, 0.717) is 11.7 Å². The number of rotatable bonds is 26. The molecule has 14 nitrogen and oxygen atoms in total. The van der Waals surface area contributed by atoms with Gasteiger partial charge < -0.3 is 35.7 Å². The van der Waals surface area contributed by atoms with Crippen LogP contribution in [0.15, 0.2) is 141 Å². The SMILES string of the molecule is C=C(CN(C)C=CC=C(C(=O)OCC)S(=O)(=O)c1ccccc1)[Si](C)(O[Si](C)(C)O[Si](C)(C)C)O[Si](C)(C=CCN(C)C=CC=C(C(=O)OCC)S(=O)(=O)c1ccccc1)O[Si](C)(C)C. The van der Waals surface area contributed by atoms with Crippen LogP contribution in [-0.2, 0) is 55.2 Å². The summed E-state index contributed by atoms with van der Waals surface area (Å²) in [6, 6.07) is 15.4. The second-order valence-corrected chi connectivity index (χ2v) is 41.0. The molecule has 2 unspecified atom stereocenters. The van der Waals surface area contributed by atoms with E-state index in [0.717, 1.165) is 0 Å². The number of sulfone groups is 2. The number of likely N-dealkylation sites (N-methyl/N-ethyl adjacent to an activating group) is 2. The van der Waals surface area contributed by atoms with E-state index in [1.165, 1.54) is 48.6 Å². The van der Waals surface area contributed by atoms with E-state index in [9.17, 15) is 26.4 Å². The van der Waals surface area contributed by atoms with Crippen LogP contribution in [0, 0.1) is 0 Å². The molecule has 0 amide bonds. The van der Waals surface area contributed by atoms with Crippen molar-refractivity contribution in [2.45, 2.75) is 89.1 Å². The minimum Gasteiger partial charge on any atom is -0.462 e. The van der Waals surface area contributed by atoms with Crippen molar-refractivity contribution in [3.05, 3.63) is 131 Å². The first-order valence-electron chi connectivity index (χ1n) is 21.2. The first-order valence-corrected chi connectivity index (χ1v) is 38.5. The zero-order valence-corrected chi connectivity index (χ0v) is 47.2. The van der Waals surface area contributed by atoms with Crippen molar-refractivity contribution in [3.63, 3.8) is 0 Å². The fraction of sp³-hybridized carbons (Fsp3) is 0.409. The molecule has 0 heterocycles. The molecular formula is C44H70N2O12S2Si5. The smallest absolute Gasteiger partial charge is 0.350 e. The number of ether oxygens (including phenoxy) is 2. The Hall–Kier alpha value is -3.76. The highest BCUT2D eigenvalue weighted by Crippen LogP contribution is 2.31. The van der Waals surface area contributed by atoms with Gasteiger partial charge in [0.25, 0.3) is 0 Å². The molecule has 360 valence electrons. The molecule has 2 rings (SSSR count). The van der Waals surface area contributed by atoms with Crippen LogP contribution in [0.4, 0.5) is 0 Å². The summed E-state index contributed by atoms with van der Waals surface area (Å²) in [7, 11) is -18.6. The van der Waals surface area contributed by atoms with Crippen molar-refractivity contribution in [1.29, 1.82) is 0 Å². The molecule has 0 radical (unpaired) electrons. The number of allylic oxidation sites excluding steroid dienone is 4. The Balaban J connectivity index is 2.52. The van der Waals surface area contributed by atoms with Crippen molar-refractivity contribution < 1.29 is 52.4 Å². The van der Waals surface area contributed by atoms with E-state index >= 15 is 0 Å². The van der Waals surface area contributed by atoms with Crippen molar-refractivity contribution >= 4 is 73.9 Å². The van der Waals surface area contributed by atoms with E-state index in [1.807, 2.05) is 42.9 Å². The molecule has 0 fully saturated rings. The summed E-state index contributed by atoms with van der Waals surface area (Å²) in [5, 5.41) is 0.664. The standard InChI is InChI=1S/C44H70N2O12S2Si5/c1-16-53-43(47)41(59(49,50)39-27-20-18-21-28-39)31-24-33-45(4)35-26-36-64(14,56-62(9,10)11)58-65(15,57-63(12,13)55-61(6,7)8)38(3)37-46(5)34-25-32-42(44(48)54-17-2)60(51,52)40-29-22-19-23-30-40/h18-34,36H,3,16-17,35,37H2,1-2,4-15H3. The highest BCUT2D eigenvalue weighted by molar-refractivity contribution is 7.96. The van der Waals surface area contributed by atoms with Crippen molar-refractivity contribution in [2.75, 3.05) is 40.4 Å². The first-order chi connectivity index (χ1) is 29.9. The van der Waals surface area contributed by atoms with E-state index in [1.54, 1.807) is 81.6 Å². The van der Waals surface area contributed by atoms with Gasteiger partial charge in [0.2, 0.25) is 19.7 Å². The maximum atomic E-state index is 13.5. The lowest BCUT2D eigenvalue weighted by Gasteiger charge is -2.44. The molecule has 0 saturated carbocycles. The molecular weight excluding hydrogens is 953 g/mol. The number of benzene rings is 2. The molecule has 0 aliphatic rings. The Morgan fingerprint density at radius 2 is 1.03 bits per heavy atom. The molecule has 65 heavy (non-hydrogen) atoms. The molecule has 0 aliphatic heterocycles. The van der Waals surface area contributed by atoms with E-state index in [4.69, 9.17) is 25.9 Å². The van der Waals surface area contributed by atoms with Crippen molar-refractivity contribution in [3.8, 4) is 0 Å². The molecule has 0 spiro atoms. The van der Waals surface area contributed by atoms with Gasteiger partial charge >= 0.3 is 37.6 Å². The van der Waals surface area contributed by atoms with E-state index in [2.05, 4.69) is 45.9 Å². The van der Waals surface area contributed by atoms with Crippen LogP contribution < -0.4 is 0 Å². The second kappa shape index (κ2) is 24.3. The Kier molecular flexibility index (Phi) is 21.5. The van der Waals surface area contributed by atoms with E-state index in [-0.39, 0.29) is 29.5 Å². The van der Waals surface area contributed by atoms with Crippen molar-refractivity contribution in [1.82, 2.24) is 9.80 Å². The molecule has 2 aromatic carbocycles. The van der Waals surface area contributed by atoms with E-state index < -0.39 is 83.7 Å². The molecule has 0 aliphatic carbocycles. The quantitative estimate of drug-likeness (QED) is 0.0381. The summed E-state index contributed by atoms with van der Waals surface area (Å²) in [4.78, 5) is 28.3. The second-order valence-electron chi connectivity index (χ2n) is 17.7. The van der Waals surface area contributed by atoms with Crippen LogP contribution in [-0.4, -0.2) is 121 Å². The molecule has 21 heteroatoms. The van der Waals surface area contributed by atoms with Crippen LogP contribution in [0.2, 0.25) is 65.5 Å². The summed E-state index contributed by atoms with van der Waals surface area (Å²) in [5.74, 6) is -1.90. The van der Waals surface area contributed by atoms with Gasteiger partial charge in [-0.2, -0.15) is 0 Å². The Bertz CT molecular complexity index is 2310. The summed E-state index contributed by atoms with van der Waals surface area (Å²) in [6.45, 7) is 28.8. The van der Waals surface area contributed by atoms with Gasteiger partial charge in [-0.25, -0.2) is 26.4 Å². The fourth-order valence-electron chi connectivity index (χ4n) is 6.41. The molecule has 0 aromatic heterocycles. The third-order valence-corrected chi connectivity index (χ3v) is 29.6. The summed E-state index contributed by atoms with van der Waals surface area (Å²) in [5.41, 5.74) is 1.96. The Labute approximate surface area is 394 Å². The van der Waals surface area contributed by atoms with Gasteiger partial charge in [-0.15, -0.1) is 0 Å². The predicted molar refractivity (Wildman–Crippen MR) is 270 cm³/mol. The van der Waals surface area contributed by atoms with Crippen LogP contribution in [0.1, 0.15) is 13.8 Å². The molecule has 2 atom stereocenters. The number of carbonyl (C=O) groups excluding carboxylic acids is 2. The average molecular weight is 1020 g/mol. The lowest BCUT2D eigenvalue weighted by molar-refractivity contribution is -0.138. The van der Waals surface area contributed by atoms with Gasteiger partial charge in [0, 0.05) is 27.2 Å². The average Bonchev–Trinajstić information content (AvgIpc) is 3.16. The predicted octanol–water partition coefficient (Wildman–Crippen LogP) is 8.49. The maximum absolute atomic E-state index is 13.5. The monoisotopic (exact) mass is 1020 g/mol. The van der Waals surface area contributed by atoms with Gasteiger partial charge in [-0.3, -0.25) is 0 Å². The van der Waals surface area contributed by atoms with Gasteiger partial charge in [0.05, 0.1) is 23.0 Å². The topological polar surface area (TPSA) is 164 Å². The number of hydrogen-bond acceptors (Lipinski definition) is 14. The van der Waals surface area contributed by atoms with Crippen LogP contribution in [0.25, 0.3) is 0 Å². The van der Waals surface area contributed by atoms with Crippen molar-refractivity contribution in [2.24, 2.45) is 0 Å². The number of hydrogen-bond donors (Lipinski definition) is 0. The lowest BCUT2D eigenvalue weighted by Crippen LogP contribution is -2.61. The highest BCUT2D eigenvalue weighted by atomic mass is 32.2. The molecule has 0 bridgehead atoms. The molecule has 0 N–H and O–H groups in total. The minimum atomic E-state index is -4.18. The van der Waals surface area contributed by atoms with Crippen LogP contribution >= 0.6 is 0 Å². The van der Waals surface area contributed by atoms with Crippen LogP contribution in [0.3, 0.4) is 0 Å². The third kappa shape index (κ3) is 19.2. The zero-order valence-electron chi connectivity index (χ0n) is 40.5. The Morgan fingerprint density at radius 3 is 1.43 bits per heavy atom. The minimum absolute atomic E-state index is 0.00153. The van der Waals surface area contributed by atoms with Gasteiger partial charge in [-0.1, -0.05) is 49.1 Å². The fourth-order valence-corrected chi connectivity index (χ4v) is 31.0. The Morgan fingerprint density at radius 1 is 0.615 bits per heavy atom. The van der Waals surface area contributed by atoms with Gasteiger partial charge in [0.1, 0.15) is 0 Å². The lowest BCUT2D eigenvalue weighted by atomic mass is 10.4.